The van der Waals surface area contributed by atoms with Gasteiger partial charge in [0, 0.05) is 23.1 Å². The number of hydrogen-bond donors (Lipinski definition) is 1. The Hall–Kier alpha value is -0.580. The lowest BCUT2D eigenvalue weighted by atomic mass is 10.1. The van der Waals surface area contributed by atoms with Crippen LogP contribution in [-0.4, -0.2) is 38.2 Å². The zero-order valence-corrected chi connectivity index (χ0v) is 13.2. The quantitative estimate of drug-likeness (QED) is 0.869. The molecule has 2 rings (SSSR count). The average molecular weight is 327 g/mol. The fourth-order valence-corrected chi connectivity index (χ4v) is 2.89. The zero-order valence-electron chi connectivity index (χ0n) is 11.6. The normalized spacial score (nSPS) is 16.5. The van der Waals surface area contributed by atoms with E-state index in [9.17, 15) is 0 Å². The highest BCUT2D eigenvalue weighted by molar-refractivity contribution is 9.10. The summed E-state index contributed by atoms with van der Waals surface area (Å²) >= 11 is 3.51. The Labute approximate surface area is 124 Å². The summed E-state index contributed by atoms with van der Waals surface area (Å²) in [6.45, 7) is 5.10. The number of nitrogens with zero attached hydrogens (tertiary/aromatic N) is 1. The fourth-order valence-electron chi connectivity index (χ4n) is 2.49. The van der Waals surface area contributed by atoms with Gasteiger partial charge < -0.3 is 10.1 Å². The first-order valence-electron chi connectivity index (χ1n) is 7.08. The first-order chi connectivity index (χ1) is 9.29. The van der Waals surface area contributed by atoms with Crippen molar-refractivity contribution in [2.24, 2.45) is 0 Å². The lowest BCUT2D eigenvalue weighted by molar-refractivity contribution is 0.182. The molecule has 0 aromatic heterocycles. The molecule has 1 fully saturated rings. The van der Waals surface area contributed by atoms with Crippen LogP contribution < -0.4 is 10.1 Å². The molecule has 1 heterocycles. The van der Waals surface area contributed by atoms with Gasteiger partial charge in [-0.25, -0.2) is 0 Å². The van der Waals surface area contributed by atoms with E-state index in [1.54, 1.807) is 0 Å². The van der Waals surface area contributed by atoms with E-state index in [0.717, 1.165) is 29.9 Å². The van der Waals surface area contributed by atoms with Gasteiger partial charge in [0.2, 0.25) is 0 Å². The summed E-state index contributed by atoms with van der Waals surface area (Å²) in [6, 6.07) is 6.20. The van der Waals surface area contributed by atoms with E-state index in [-0.39, 0.29) is 0 Å². The van der Waals surface area contributed by atoms with Crippen LogP contribution >= 0.6 is 15.9 Å². The van der Waals surface area contributed by atoms with E-state index in [1.165, 1.54) is 37.9 Å². The Morgan fingerprint density at radius 2 is 2.05 bits per heavy atom. The third-order valence-corrected chi connectivity index (χ3v) is 4.00. The van der Waals surface area contributed by atoms with Gasteiger partial charge >= 0.3 is 0 Å². The molecule has 0 radical (unpaired) electrons. The number of hydrogen-bond acceptors (Lipinski definition) is 3. The molecule has 1 aromatic rings. The number of ether oxygens (including phenoxy) is 1. The Morgan fingerprint density at radius 1 is 1.26 bits per heavy atom. The molecule has 19 heavy (non-hydrogen) atoms. The van der Waals surface area contributed by atoms with Crippen LogP contribution in [0.25, 0.3) is 0 Å². The lowest BCUT2D eigenvalue weighted by Gasteiger charge is -2.26. The highest BCUT2D eigenvalue weighted by Gasteiger charge is 2.10. The van der Waals surface area contributed by atoms with E-state index in [2.05, 4.69) is 32.2 Å². The summed E-state index contributed by atoms with van der Waals surface area (Å²) in [6.07, 6.45) is 4.06. The van der Waals surface area contributed by atoms with Crippen molar-refractivity contribution in [3.63, 3.8) is 0 Å². The van der Waals surface area contributed by atoms with Crippen molar-refractivity contribution in [3.05, 3.63) is 28.2 Å². The second kappa shape index (κ2) is 7.88. The second-order valence-corrected chi connectivity index (χ2v) is 5.95. The lowest BCUT2D eigenvalue weighted by Crippen LogP contribution is -2.33. The molecule has 1 aliphatic rings. The maximum atomic E-state index is 5.94. The average Bonchev–Trinajstić information content (AvgIpc) is 2.43. The number of likely N-dealkylation sites (tertiary alicyclic amines) is 1. The summed E-state index contributed by atoms with van der Waals surface area (Å²) in [4.78, 5) is 2.50. The Morgan fingerprint density at radius 3 is 2.79 bits per heavy atom. The maximum absolute atomic E-state index is 5.94. The van der Waals surface area contributed by atoms with Crippen molar-refractivity contribution >= 4 is 15.9 Å². The maximum Gasteiger partial charge on any atom is 0.123 e. The van der Waals surface area contributed by atoms with Crippen LogP contribution in [0.4, 0.5) is 0 Å². The van der Waals surface area contributed by atoms with Gasteiger partial charge in [0.15, 0.2) is 0 Å². The molecule has 1 aliphatic heterocycles. The topological polar surface area (TPSA) is 24.5 Å². The van der Waals surface area contributed by atoms with Gasteiger partial charge in [-0.3, -0.25) is 4.90 Å². The van der Waals surface area contributed by atoms with Gasteiger partial charge in [-0.15, -0.1) is 0 Å². The molecule has 0 unspecified atom stereocenters. The summed E-state index contributed by atoms with van der Waals surface area (Å²) in [5.41, 5.74) is 1.20. The Bertz CT molecular complexity index is 392. The van der Waals surface area contributed by atoms with Crippen LogP contribution in [0.1, 0.15) is 24.8 Å². The predicted octanol–water partition coefficient (Wildman–Crippen LogP) is 3.03. The van der Waals surface area contributed by atoms with Crippen molar-refractivity contribution in [3.8, 4) is 5.75 Å². The van der Waals surface area contributed by atoms with Gasteiger partial charge in [0.05, 0.1) is 0 Å². The number of benzene rings is 1. The van der Waals surface area contributed by atoms with E-state index < -0.39 is 0 Å². The number of nitrogens with one attached hydrogen (secondary N) is 1. The van der Waals surface area contributed by atoms with Gasteiger partial charge in [-0.05, 0) is 51.2 Å². The van der Waals surface area contributed by atoms with Gasteiger partial charge in [0.25, 0.3) is 0 Å². The highest BCUT2D eigenvalue weighted by atomic mass is 79.9. The van der Waals surface area contributed by atoms with E-state index in [4.69, 9.17) is 4.74 Å². The SMILES string of the molecule is CNCc1cc(Br)ccc1OCCN1CCCCC1. The molecule has 0 atom stereocenters. The first kappa shape index (κ1) is 14.8. The van der Waals surface area contributed by atoms with Gasteiger partial charge in [0.1, 0.15) is 12.4 Å². The van der Waals surface area contributed by atoms with Crippen LogP contribution in [0.5, 0.6) is 5.75 Å². The zero-order chi connectivity index (χ0) is 13.5. The molecule has 3 nitrogen and oxygen atoms in total. The number of halogens is 1. The smallest absolute Gasteiger partial charge is 0.123 e. The monoisotopic (exact) mass is 326 g/mol. The fraction of sp³-hybridized carbons (Fsp3) is 0.600. The van der Waals surface area contributed by atoms with Crippen LogP contribution in [0.3, 0.4) is 0 Å². The molecular formula is C15H23BrN2O. The minimum absolute atomic E-state index is 0.776. The highest BCUT2D eigenvalue weighted by Crippen LogP contribution is 2.23. The minimum Gasteiger partial charge on any atom is -0.492 e. The molecule has 106 valence electrons. The molecular weight excluding hydrogens is 304 g/mol. The molecule has 0 spiro atoms. The van der Waals surface area contributed by atoms with Crippen LogP contribution in [0, 0.1) is 0 Å². The number of rotatable bonds is 6. The van der Waals surface area contributed by atoms with Gasteiger partial charge in [-0.1, -0.05) is 22.4 Å². The van der Waals surface area contributed by atoms with Crippen LogP contribution in [-0.2, 0) is 6.54 Å². The Balaban J connectivity index is 1.84. The van der Waals surface area contributed by atoms with Crippen molar-refractivity contribution in [1.82, 2.24) is 10.2 Å². The van der Waals surface area contributed by atoms with Crippen LogP contribution in [0.2, 0.25) is 0 Å². The Kier molecular flexibility index (Phi) is 6.14. The van der Waals surface area contributed by atoms with Crippen molar-refractivity contribution < 1.29 is 4.74 Å². The molecule has 0 saturated carbocycles. The summed E-state index contributed by atoms with van der Waals surface area (Å²) < 4.78 is 7.04. The van der Waals surface area contributed by atoms with Crippen molar-refractivity contribution in [2.45, 2.75) is 25.8 Å². The molecule has 0 aliphatic carbocycles. The largest absolute Gasteiger partial charge is 0.492 e. The third kappa shape index (κ3) is 4.79. The molecule has 0 amide bonds. The second-order valence-electron chi connectivity index (χ2n) is 5.03. The standard InChI is InChI=1S/C15H23BrN2O/c1-17-12-13-11-14(16)5-6-15(13)19-10-9-18-7-3-2-4-8-18/h5-6,11,17H,2-4,7-10,12H2,1H3. The van der Waals surface area contributed by atoms with E-state index in [1.807, 2.05) is 19.2 Å². The van der Waals surface area contributed by atoms with Crippen LogP contribution in [0.15, 0.2) is 22.7 Å². The molecule has 1 N–H and O–H groups in total. The summed E-state index contributed by atoms with van der Waals surface area (Å²) in [5.74, 6) is 0.995. The predicted molar refractivity (Wildman–Crippen MR) is 82.7 cm³/mol. The summed E-state index contributed by atoms with van der Waals surface area (Å²) in [5, 5.41) is 3.18. The van der Waals surface area contributed by atoms with E-state index in [0.29, 0.717) is 0 Å². The molecule has 1 aromatic carbocycles. The van der Waals surface area contributed by atoms with E-state index >= 15 is 0 Å². The summed E-state index contributed by atoms with van der Waals surface area (Å²) in [7, 11) is 1.96. The first-order valence-corrected chi connectivity index (χ1v) is 7.87. The van der Waals surface area contributed by atoms with Crippen molar-refractivity contribution in [2.75, 3.05) is 33.3 Å². The minimum atomic E-state index is 0.776. The third-order valence-electron chi connectivity index (χ3n) is 3.50. The molecule has 1 saturated heterocycles. The van der Waals surface area contributed by atoms with Crippen molar-refractivity contribution in [1.29, 1.82) is 0 Å². The molecule has 4 heteroatoms. The van der Waals surface area contributed by atoms with Gasteiger partial charge in [-0.2, -0.15) is 0 Å². The number of piperidine rings is 1. The molecule has 0 bridgehead atoms.